The first-order valence-corrected chi connectivity index (χ1v) is 8.48. The van der Waals surface area contributed by atoms with Crippen molar-refractivity contribution in [2.75, 3.05) is 0 Å². The standard InChI is InChI=1S/C16H13FN6O2S/c1-23-7-8(6-19-23)9-2-3-10-16(15(9)17)26-14(20-10)5-13-22-21-12(25-13)4-11(18)24/h2-3,6-7H,4-5H2,1H3,(H2,18,24). The van der Waals surface area contributed by atoms with Crippen LogP contribution in [-0.2, 0) is 24.7 Å². The number of nitrogens with zero attached hydrogens (tertiary/aromatic N) is 5. The molecule has 0 saturated carbocycles. The Morgan fingerprint density at radius 2 is 2.15 bits per heavy atom. The molecule has 8 nitrogen and oxygen atoms in total. The molecule has 10 heteroatoms. The first-order chi connectivity index (χ1) is 12.5. The molecule has 0 aliphatic carbocycles. The minimum Gasteiger partial charge on any atom is -0.424 e. The van der Waals surface area contributed by atoms with Crippen LogP contribution < -0.4 is 5.73 Å². The molecule has 0 fully saturated rings. The summed E-state index contributed by atoms with van der Waals surface area (Å²) < 4.78 is 22.3. The number of hydrogen-bond acceptors (Lipinski definition) is 7. The van der Waals surface area contributed by atoms with E-state index in [-0.39, 0.29) is 24.5 Å². The Hall–Kier alpha value is -3.14. The summed E-state index contributed by atoms with van der Waals surface area (Å²) in [5.41, 5.74) is 6.83. The first-order valence-electron chi connectivity index (χ1n) is 7.66. The molecular weight excluding hydrogens is 359 g/mol. The second-order valence-corrected chi connectivity index (χ2v) is 6.78. The van der Waals surface area contributed by atoms with Gasteiger partial charge in [-0.05, 0) is 12.1 Å². The zero-order valence-corrected chi connectivity index (χ0v) is 14.5. The van der Waals surface area contributed by atoms with Gasteiger partial charge in [-0.2, -0.15) is 5.10 Å². The fourth-order valence-electron chi connectivity index (χ4n) is 2.57. The monoisotopic (exact) mass is 372 g/mol. The van der Waals surface area contributed by atoms with E-state index in [1.807, 2.05) is 0 Å². The molecule has 1 amide bonds. The van der Waals surface area contributed by atoms with Gasteiger partial charge in [-0.1, -0.05) is 0 Å². The highest BCUT2D eigenvalue weighted by molar-refractivity contribution is 7.18. The molecule has 0 aliphatic heterocycles. The van der Waals surface area contributed by atoms with Crippen LogP contribution in [0.1, 0.15) is 16.8 Å². The van der Waals surface area contributed by atoms with Crippen LogP contribution in [0.4, 0.5) is 4.39 Å². The second kappa shape index (κ2) is 6.30. The normalized spacial score (nSPS) is 11.3. The van der Waals surface area contributed by atoms with Gasteiger partial charge in [-0.15, -0.1) is 21.5 Å². The minimum absolute atomic E-state index is 0.115. The highest BCUT2D eigenvalue weighted by Crippen LogP contribution is 2.32. The van der Waals surface area contributed by atoms with E-state index in [2.05, 4.69) is 20.3 Å². The number of aromatic nitrogens is 5. The second-order valence-electron chi connectivity index (χ2n) is 5.70. The van der Waals surface area contributed by atoms with E-state index in [1.165, 1.54) is 11.3 Å². The van der Waals surface area contributed by atoms with E-state index in [1.54, 1.807) is 36.3 Å². The Bertz CT molecular complexity index is 1120. The molecule has 4 rings (SSSR count). The number of hydrogen-bond donors (Lipinski definition) is 1. The van der Waals surface area contributed by atoms with Gasteiger partial charge in [0.15, 0.2) is 5.82 Å². The molecule has 0 spiro atoms. The number of aryl methyl sites for hydroxylation is 1. The Morgan fingerprint density at radius 3 is 2.88 bits per heavy atom. The van der Waals surface area contributed by atoms with Gasteiger partial charge in [0.1, 0.15) is 11.4 Å². The highest BCUT2D eigenvalue weighted by Gasteiger charge is 2.17. The number of fused-ring (bicyclic) bond motifs is 1. The Kier molecular flexibility index (Phi) is 3.96. The lowest BCUT2D eigenvalue weighted by molar-refractivity contribution is -0.117. The molecule has 1 aromatic carbocycles. The van der Waals surface area contributed by atoms with Crippen LogP contribution in [0.15, 0.2) is 28.9 Å². The topological polar surface area (TPSA) is 113 Å². The van der Waals surface area contributed by atoms with Crippen molar-refractivity contribution in [2.24, 2.45) is 12.8 Å². The van der Waals surface area contributed by atoms with Crippen molar-refractivity contribution >= 4 is 27.5 Å². The predicted octanol–water partition coefficient (Wildman–Crippen LogP) is 1.84. The number of amides is 1. The third-order valence-electron chi connectivity index (χ3n) is 3.69. The van der Waals surface area contributed by atoms with Gasteiger partial charge in [0.2, 0.25) is 17.7 Å². The van der Waals surface area contributed by atoms with E-state index in [0.29, 0.717) is 32.2 Å². The van der Waals surface area contributed by atoms with E-state index in [9.17, 15) is 9.18 Å². The van der Waals surface area contributed by atoms with E-state index in [4.69, 9.17) is 10.2 Å². The molecule has 3 aromatic heterocycles. The number of carbonyl (C=O) groups is 1. The lowest BCUT2D eigenvalue weighted by atomic mass is 10.1. The number of thiazole rings is 1. The summed E-state index contributed by atoms with van der Waals surface area (Å²) in [4.78, 5) is 15.3. The number of halogens is 1. The van der Waals surface area contributed by atoms with Crippen LogP contribution in [-0.4, -0.2) is 30.9 Å². The van der Waals surface area contributed by atoms with Crippen LogP contribution >= 0.6 is 11.3 Å². The minimum atomic E-state index is -0.551. The van der Waals surface area contributed by atoms with Gasteiger partial charge >= 0.3 is 0 Å². The fraction of sp³-hybridized carbons (Fsp3) is 0.188. The van der Waals surface area contributed by atoms with Crippen LogP contribution in [0, 0.1) is 5.82 Å². The fourth-order valence-corrected chi connectivity index (χ4v) is 3.57. The Labute approximate surface area is 150 Å². The van der Waals surface area contributed by atoms with Gasteiger partial charge < -0.3 is 10.2 Å². The molecule has 0 atom stereocenters. The zero-order chi connectivity index (χ0) is 18.3. The van der Waals surface area contributed by atoms with Crippen LogP contribution in [0.5, 0.6) is 0 Å². The number of primary amides is 1. The van der Waals surface area contributed by atoms with Crippen molar-refractivity contribution in [2.45, 2.75) is 12.8 Å². The zero-order valence-electron chi connectivity index (χ0n) is 13.6. The smallest absolute Gasteiger partial charge is 0.226 e. The maximum Gasteiger partial charge on any atom is 0.226 e. The lowest BCUT2D eigenvalue weighted by Crippen LogP contribution is -2.13. The summed E-state index contributed by atoms with van der Waals surface area (Å²) in [6, 6.07) is 3.46. The summed E-state index contributed by atoms with van der Waals surface area (Å²) in [5.74, 6) is -0.434. The maximum atomic E-state index is 14.9. The Morgan fingerprint density at radius 1 is 1.35 bits per heavy atom. The molecule has 0 saturated heterocycles. The van der Waals surface area contributed by atoms with Crippen LogP contribution in [0.2, 0.25) is 0 Å². The molecule has 4 aromatic rings. The van der Waals surface area contributed by atoms with E-state index < -0.39 is 5.91 Å². The quantitative estimate of drug-likeness (QED) is 0.572. The molecule has 0 bridgehead atoms. The number of rotatable bonds is 5. The average molecular weight is 372 g/mol. The molecule has 2 N–H and O–H groups in total. The SMILES string of the molecule is Cn1cc(-c2ccc3nc(Cc4nnc(CC(N)=O)o4)sc3c2F)cn1. The maximum absolute atomic E-state index is 14.9. The molecule has 26 heavy (non-hydrogen) atoms. The molecule has 0 radical (unpaired) electrons. The van der Waals surface area contributed by atoms with Gasteiger partial charge in [0.25, 0.3) is 0 Å². The predicted molar refractivity (Wildman–Crippen MR) is 91.8 cm³/mol. The van der Waals surface area contributed by atoms with Crippen molar-refractivity contribution in [3.63, 3.8) is 0 Å². The van der Waals surface area contributed by atoms with Crippen molar-refractivity contribution in [1.29, 1.82) is 0 Å². The summed E-state index contributed by atoms with van der Waals surface area (Å²) in [6.07, 6.45) is 3.51. The largest absolute Gasteiger partial charge is 0.424 e. The van der Waals surface area contributed by atoms with Gasteiger partial charge in [-0.3, -0.25) is 9.48 Å². The summed E-state index contributed by atoms with van der Waals surface area (Å²) in [7, 11) is 1.78. The molecular formula is C16H13FN6O2S. The van der Waals surface area contributed by atoms with Gasteiger partial charge in [-0.25, -0.2) is 9.37 Å². The highest BCUT2D eigenvalue weighted by atomic mass is 32.1. The van der Waals surface area contributed by atoms with Crippen LogP contribution in [0.25, 0.3) is 21.3 Å². The number of nitrogens with two attached hydrogens (primary N) is 1. The molecule has 132 valence electrons. The number of benzene rings is 1. The van der Waals surface area contributed by atoms with Crippen molar-refractivity contribution < 1.29 is 13.6 Å². The van der Waals surface area contributed by atoms with Crippen molar-refractivity contribution in [1.82, 2.24) is 25.0 Å². The van der Waals surface area contributed by atoms with Gasteiger partial charge in [0, 0.05) is 24.4 Å². The number of carbonyl (C=O) groups excluding carboxylic acids is 1. The lowest BCUT2D eigenvalue weighted by Gasteiger charge is -1.99. The van der Waals surface area contributed by atoms with Crippen molar-refractivity contribution in [3.05, 3.63) is 47.1 Å². The summed E-state index contributed by atoms with van der Waals surface area (Å²) in [6.45, 7) is 0. The Balaban J connectivity index is 1.64. The third kappa shape index (κ3) is 3.06. The van der Waals surface area contributed by atoms with Gasteiger partial charge in [0.05, 0.1) is 22.8 Å². The van der Waals surface area contributed by atoms with Crippen molar-refractivity contribution in [3.8, 4) is 11.1 Å². The first kappa shape index (κ1) is 16.3. The summed E-state index contributed by atoms with van der Waals surface area (Å²) in [5, 5.41) is 12.3. The molecule has 0 unspecified atom stereocenters. The molecule has 0 aliphatic rings. The molecule has 3 heterocycles. The van der Waals surface area contributed by atoms with E-state index in [0.717, 1.165) is 0 Å². The third-order valence-corrected chi connectivity index (χ3v) is 4.76. The van der Waals surface area contributed by atoms with Crippen LogP contribution in [0.3, 0.4) is 0 Å². The summed E-state index contributed by atoms with van der Waals surface area (Å²) >= 11 is 1.22. The van der Waals surface area contributed by atoms with E-state index >= 15 is 0 Å². The average Bonchev–Trinajstić information content (AvgIpc) is 3.28.